The molecule has 26 heavy (non-hydrogen) atoms. The molecule has 1 heterocycles. The topological polar surface area (TPSA) is 73.9 Å². The number of nitrogens with zero attached hydrogens (tertiary/aromatic N) is 2. The highest BCUT2D eigenvalue weighted by molar-refractivity contribution is 5.94. The first-order valence-electron chi connectivity index (χ1n) is 9.26. The highest BCUT2D eigenvalue weighted by Crippen LogP contribution is 2.18. The fourth-order valence-electron chi connectivity index (χ4n) is 3.10. The average molecular weight is 360 g/mol. The minimum Gasteiger partial charge on any atom is -0.497 e. The van der Waals surface area contributed by atoms with Gasteiger partial charge in [-0.1, -0.05) is 0 Å². The summed E-state index contributed by atoms with van der Waals surface area (Å²) in [6.45, 7) is 5.56. The smallest absolute Gasteiger partial charge is 0.241 e. The molecule has 7 heteroatoms. The standard InChI is InChI=1S/C19H28N4O3/c1-14(19(25)21-16-5-7-17(26-2)8-6-16)23-11-9-22(10-12-23)13-18(24)20-15-3-4-15/h5-8,14-15H,3-4,9-13H2,1-2H3,(H,20,24)(H,21,25)/t14-/m0/s1. The molecule has 1 saturated heterocycles. The number of amides is 2. The summed E-state index contributed by atoms with van der Waals surface area (Å²) in [5.74, 6) is 0.860. The van der Waals surface area contributed by atoms with Gasteiger partial charge in [-0.05, 0) is 44.0 Å². The average Bonchev–Trinajstić information content (AvgIpc) is 3.46. The normalized spacial score (nSPS) is 19.6. The van der Waals surface area contributed by atoms with Gasteiger partial charge >= 0.3 is 0 Å². The number of nitrogens with one attached hydrogen (secondary N) is 2. The van der Waals surface area contributed by atoms with Crippen LogP contribution in [0.15, 0.2) is 24.3 Å². The van der Waals surface area contributed by atoms with Crippen LogP contribution in [-0.4, -0.2) is 73.5 Å². The zero-order valence-electron chi connectivity index (χ0n) is 15.5. The van der Waals surface area contributed by atoms with Gasteiger partial charge in [-0.2, -0.15) is 0 Å². The van der Waals surface area contributed by atoms with Crippen LogP contribution in [0.1, 0.15) is 19.8 Å². The Labute approximate surface area is 154 Å². The van der Waals surface area contributed by atoms with Crippen molar-refractivity contribution in [1.29, 1.82) is 0 Å². The van der Waals surface area contributed by atoms with Crippen molar-refractivity contribution in [1.82, 2.24) is 15.1 Å². The summed E-state index contributed by atoms with van der Waals surface area (Å²) < 4.78 is 5.12. The lowest BCUT2D eigenvalue weighted by Crippen LogP contribution is -2.54. The number of piperazine rings is 1. The largest absolute Gasteiger partial charge is 0.497 e. The molecule has 0 bridgehead atoms. The monoisotopic (exact) mass is 360 g/mol. The number of ether oxygens (including phenoxy) is 1. The maximum absolute atomic E-state index is 12.5. The fraction of sp³-hybridized carbons (Fsp3) is 0.579. The third-order valence-corrected chi connectivity index (χ3v) is 5.00. The van der Waals surface area contributed by atoms with Crippen molar-refractivity contribution in [2.75, 3.05) is 45.2 Å². The molecular weight excluding hydrogens is 332 g/mol. The van der Waals surface area contributed by atoms with E-state index >= 15 is 0 Å². The van der Waals surface area contributed by atoms with Crippen LogP contribution in [0.4, 0.5) is 5.69 Å². The molecular formula is C19H28N4O3. The van der Waals surface area contributed by atoms with Gasteiger partial charge in [0.2, 0.25) is 11.8 Å². The number of carbonyl (C=O) groups is 2. The summed E-state index contributed by atoms with van der Waals surface area (Å²) in [5, 5.41) is 5.97. The second-order valence-electron chi connectivity index (χ2n) is 7.05. The van der Waals surface area contributed by atoms with E-state index in [0.29, 0.717) is 12.6 Å². The molecule has 1 aliphatic heterocycles. The zero-order chi connectivity index (χ0) is 18.5. The van der Waals surface area contributed by atoms with Gasteiger partial charge < -0.3 is 15.4 Å². The van der Waals surface area contributed by atoms with E-state index in [9.17, 15) is 9.59 Å². The van der Waals surface area contributed by atoms with Gasteiger partial charge in [0.15, 0.2) is 0 Å². The van der Waals surface area contributed by atoms with E-state index in [-0.39, 0.29) is 17.9 Å². The first-order chi connectivity index (χ1) is 12.5. The summed E-state index contributed by atoms with van der Waals surface area (Å²) in [6, 6.07) is 7.52. The van der Waals surface area contributed by atoms with Crippen LogP contribution in [0, 0.1) is 0 Å². The third kappa shape index (κ3) is 5.19. The van der Waals surface area contributed by atoms with Crippen LogP contribution < -0.4 is 15.4 Å². The van der Waals surface area contributed by atoms with Crippen molar-refractivity contribution in [3.05, 3.63) is 24.3 Å². The van der Waals surface area contributed by atoms with E-state index in [0.717, 1.165) is 50.5 Å². The molecule has 2 fully saturated rings. The molecule has 3 rings (SSSR count). The van der Waals surface area contributed by atoms with Crippen molar-refractivity contribution >= 4 is 17.5 Å². The van der Waals surface area contributed by atoms with Crippen LogP contribution in [-0.2, 0) is 9.59 Å². The molecule has 0 aromatic heterocycles. The molecule has 1 aromatic rings. The Morgan fingerprint density at radius 1 is 1.15 bits per heavy atom. The van der Waals surface area contributed by atoms with E-state index < -0.39 is 0 Å². The highest BCUT2D eigenvalue weighted by atomic mass is 16.5. The van der Waals surface area contributed by atoms with Crippen molar-refractivity contribution in [2.24, 2.45) is 0 Å². The van der Waals surface area contributed by atoms with E-state index in [2.05, 4.69) is 20.4 Å². The fourth-order valence-corrected chi connectivity index (χ4v) is 3.10. The summed E-state index contributed by atoms with van der Waals surface area (Å²) in [5.41, 5.74) is 0.762. The molecule has 0 unspecified atom stereocenters. The number of benzene rings is 1. The van der Waals surface area contributed by atoms with Crippen molar-refractivity contribution < 1.29 is 14.3 Å². The van der Waals surface area contributed by atoms with Gasteiger partial charge in [0, 0.05) is 37.9 Å². The van der Waals surface area contributed by atoms with E-state index in [1.165, 1.54) is 0 Å². The number of methoxy groups -OCH3 is 1. The van der Waals surface area contributed by atoms with E-state index in [1.807, 2.05) is 31.2 Å². The maximum atomic E-state index is 12.5. The van der Waals surface area contributed by atoms with Crippen molar-refractivity contribution in [3.63, 3.8) is 0 Å². The first-order valence-corrected chi connectivity index (χ1v) is 9.26. The Kier molecular flexibility index (Phi) is 6.11. The van der Waals surface area contributed by atoms with Gasteiger partial charge in [-0.3, -0.25) is 19.4 Å². The summed E-state index contributed by atoms with van der Waals surface area (Å²) in [6.07, 6.45) is 2.22. The Morgan fingerprint density at radius 2 is 1.81 bits per heavy atom. The summed E-state index contributed by atoms with van der Waals surface area (Å²) in [7, 11) is 1.62. The molecule has 2 N–H and O–H groups in total. The predicted molar refractivity (Wildman–Crippen MR) is 100 cm³/mol. The number of hydrogen-bond acceptors (Lipinski definition) is 5. The molecule has 0 spiro atoms. The minimum atomic E-state index is -0.209. The Balaban J connectivity index is 1.42. The molecule has 1 saturated carbocycles. The zero-order valence-corrected chi connectivity index (χ0v) is 15.5. The lowest BCUT2D eigenvalue weighted by molar-refractivity contribution is -0.124. The molecule has 1 aliphatic carbocycles. The van der Waals surface area contributed by atoms with Gasteiger partial charge in [0.05, 0.1) is 19.7 Å². The number of carbonyl (C=O) groups excluding carboxylic acids is 2. The van der Waals surface area contributed by atoms with Gasteiger partial charge in [-0.15, -0.1) is 0 Å². The summed E-state index contributed by atoms with van der Waals surface area (Å²) >= 11 is 0. The molecule has 7 nitrogen and oxygen atoms in total. The van der Waals surface area contributed by atoms with Gasteiger partial charge in [-0.25, -0.2) is 0 Å². The molecule has 142 valence electrons. The molecule has 2 aliphatic rings. The quantitative estimate of drug-likeness (QED) is 0.756. The van der Waals surface area contributed by atoms with E-state index in [1.54, 1.807) is 7.11 Å². The molecule has 1 aromatic carbocycles. The van der Waals surface area contributed by atoms with Crippen LogP contribution >= 0.6 is 0 Å². The minimum absolute atomic E-state index is 0.0184. The van der Waals surface area contributed by atoms with Gasteiger partial charge in [0.1, 0.15) is 5.75 Å². The Bertz CT molecular complexity index is 622. The highest BCUT2D eigenvalue weighted by Gasteiger charge is 2.28. The summed E-state index contributed by atoms with van der Waals surface area (Å²) in [4.78, 5) is 28.7. The van der Waals surface area contributed by atoms with Gasteiger partial charge in [0.25, 0.3) is 0 Å². The molecule has 2 amide bonds. The van der Waals surface area contributed by atoms with Crippen molar-refractivity contribution in [3.8, 4) is 5.75 Å². The predicted octanol–water partition coefficient (Wildman–Crippen LogP) is 0.918. The first kappa shape index (κ1) is 18.7. The maximum Gasteiger partial charge on any atom is 0.241 e. The van der Waals surface area contributed by atoms with E-state index in [4.69, 9.17) is 4.74 Å². The van der Waals surface area contributed by atoms with Crippen LogP contribution in [0.3, 0.4) is 0 Å². The second-order valence-corrected chi connectivity index (χ2v) is 7.05. The van der Waals surface area contributed by atoms with Crippen molar-refractivity contribution in [2.45, 2.75) is 31.8 Å². The SMILES string of the molecule is COc1ccc(NC(=O)[C@H](C)N2CCN(CC(=O)NC3CC3)CC2)cc1. The molecule has 0 radical (unpaired) electrons. The van der Waals surface area contributed by atoms with Crippen LogP contribution in [0.2, 0.25) is 0 Å². The third-order valence-electron chi connectivity index (χ3n) is 5.00. The lowest BCUT2D eigenvalue weighted by Gasteiger charge is -2.37. The van der Waals surface area contributed by atoms with Crippen LogP contribution in [0.5, 0.6) is 5.75 Å². The lowest BCUT2D eigenvalue weighted by atomic mass is 10.2. The number of rotatable bonds is 7. The van der Waals surface area contributed by atoms with Crippen LogP contribution in [0.25, 0.3) is 0 Å². The number of anilines is 1. The second kappa shape index (κ2) is 8.51. The Hall–Kier alpha value is -2.12. The Morgan fingerprint density at radius 3 is 2.38 bits per heavy atom. The number of hydrogen-bond donors (Lipinski definition) is 2. The molecule has 1 atom stereocenters.